The molecule has 0 aromatic carbocycles. The van der Waals surface area contributed by atoms with Crippen LogP contribution in [0.15, 0.2) is 36.0 Å². The lowest BCUT2D eigenvalue weighted by molar-refractivity contribution is 0.0608. The largest absolute Gasteiger partial charge is 0.385 e. The van der Waals surface area contributed by atoms with E-state index < -0.39 is 5.60 Å². The molecule has 14 heavy (non-hydrogen) atoms. The zero-order valence-corrected chi connectivity index (χ0v) is 9.38. The molecule has 0 saturated carbocycles. The van der Waals surface area contributed by atoms with E-state index in [1.54, 1.807) is 0 Å². The highest BCUT2D eigenvalue weighted by atomic mass is 16.3. The van der Waals surface area contributed by atoms with Crippen molar-refractivity contribution in [2.24, 2.45) is 5.92 Å². The molecule has 2 atom stereocenters. The molecule has 2 unspecified atom stereocenters. The third-order valence-corrected chi connectivity index (χ3v) is 2.80. The second-order valence-electron chi connectivity index (χ2n) is 4.36. The second-order valence-corrected chi connectivity index (χ2v) is 4.36. The van der Waals surface area contributed by atoms with Gasteiger partial charge in [0.1, 0.15) is 0 Å². The zero-order valence-electron chi connectivity index (χ0n) is 9.38. The summed E-state index contributed by atoms with van der Waals surface area (Å²) in [5.41, 5.74) is 1.36. The summed E-state index contributed by atoms with van der Waals surface area (Å²) in [7, 11) is 0. The zero-order chi connectivity index (χ0) is 10.8. The normalized spacial score (nSPS) is 31.4. The predicted molar refractivity (Wildman–Crippen MR) is 61.1 cm³/mol. The van der Waals surface area contributed by atoms with Gasteiger partial charge in [0.15, 0.2) is 0 Å². The standard InChI is InChI=1S/C13H20O/c1-5-6-12-8-7-11(10(2)3)9-13(12,4)14/h7-9,12,14H,2,5-6H2,1,3-4H3. The Morgan fingerprint density at radius 1 is 1.64 bits per heavy atom. The highest BCUT2D eigenvalue weighted by molar-refractivity contribution is 5.42. The molecule has 1 N–H and O–H groups in total. The molecular weight excluding hydrogens is 172 g/mol. The van der Waals surface area contributed by atoms with Crippen LogP contribution in [0.25, 0.3) is 0 Å². The fourth-order valence-corrected chi connectivity index (χ4v) is 1.85. The van der Waals surface area contributed by atoms with E-state index in [1.165, 1.54) is 0 Å². The SMILES string of the molecule is C=C(C)C1=CC(C)(O)C(CCC)C=C1. The van der Waals surface area contributed by atoms with Crippen LogP contribution < -0.4 is 0 Å². The molecule has 0 saturated heterocycles. The van der Waals surface area contributed by atoms with E-state index in [9.17, 15) is 5.11 Å². The second kappa shape index (κ2) is 4.14. The van der Waals surface area contributed by atoms with E-state index in [2.05, 4.69) is 25.7 Å². The number of rotatable bonds is 3. The molecule has 0 aromatic rings. The van der Waals surface area contributed by atoms with Crippen molar-refractivity contribution >= 4 is 0 Å². The maximum absolute atomic E-state index is 10.2. The summed E-state index contributed by atoms with van der Waals surface area (Å²) in [6.45, 7) is 9.86. The topological polar surface area (TPSA) is 20.2 Å². The first kappa shape index (κ1) is 11.3. The van der Waals surface area contributed by atoms with Gasteiger partial charge in [0.05, 0.1) is 5.60 Å². The minimum Gasteiger partial charge on any atom is -0.385 e. The van der Waals surface area contributed by atoms with E-state index in [-0.39, 0.29) is 5.92 Å². The van der Waals surface area contributed by atoms with Gasteiger partial charge in [-0.05, 0) is 31.9 Å². The van der Waals surface area contributed by atoms with Gasteiger partial charge in [-0.15, -0.1) is 0 Å². The minimum atomic E-state index is -0.709. The molecule has 0 bridgehead atoms. The molecule has 1 heteroatoms. The van der Waals surface area contributed by atoms with Gasteiger partial charge >= 0.3 is 0 Å². The van der Waals surface area contributed by atoms with Gasteiger partial charge in [-0.1, -0.05) is 37.6 Å². The van der Waals surface area contributed by atoms with Crippen molar-refractivity contribution in [1.82, 2.24) is 0 Å². The molecule has 0 aliphatic heterocycles. The monoisotopic (exact) mass is 192 g/mol. The number of allylic oxidation sites excluding steroid dienone is 3. The van der Waals surface area contributed by atoms with E-state index in [0.29, 0.717) is 0 Å². The molecule has 0 spiro atoms. The molecule has 0 fully saturated rings. The van der Waals surface area contributed by atoms with Gasteiger partial charge in [-0.3, -0.25) is 0 Å². The van der Waals surface area contributed by atoms with E-state index in [4.69, 9.17) is 0 Å². The van der Waals surface area contributed by atoms with Crippen molar-refractivity contribution in [1.29, 1.82) is 0 Å². The molecule has 1 aliphatic carbocycles. The molecule has 1 rings (SSSR count). The molecule has 78 valence electrons. The Labute approximate surface area is 86.8 Å². The van der Waals surface area contributed by atoms with Crippen LogP contribution in [0.1, 0.15) is 33.6 Å². The lowest BCUT2D eigenvalue weighted by Gasteiger charge is -2.31. The Bertz CT molecular complexity index is 282. The Morgan fingerprint density at radius 3 is 2.71 bits per heavy atom. The first-order valence-corrected chi connectivity index (χ1v) is 5.26. The minimum absolute atomic E-state index is 0.246. The van der Waals surface area contributed by atoms with Gasteiger partial charge in [-0.2, -0.15) is 0 Å². The molecule has 0 amide bonds. The Morgan fingerprint density at radius 2 is 2.29 bits per heavy atom. The first-order chi connectivity index (χ1) is 6.47. The summed E-state index contributed by atoms with van der Waals surface area (Å²) in [6, 6.07) is 0. The predicted octanol–water partition coefficient (Wildman–Crippen LogP) is 3.23. The smallest absolute Gasteiger partial charge is 0.0870 e. The van der Waals surface area contributed by atoms with Crippen LogP contribution in [0.2, 0.25) is 0 Å². The van der Waals surface area contributed by atoms with Gasteiger partial charge in [-0.25, -0.2) is 0 Å². The summed E-state index contributed by atoms with van der Waals surface area (Å²) in [5, 5.41) is 10.2. The first-order valence-electron chi connectivity index (χ1n) is 5.26. The van der Waals surface area contributed by atoms with Crippen LogP contribution >= 0.6 is 0 Å². The van der Waals surface area contributed by atoms with Crippen molar-refractivity contribution in [2.45, 2.75) is 39.2 Å². The fraction of sp³-hybridized carbons (Fsp3) is 0.538. The maximum Gasteiger partial charge on any atom is 0.0870 e. The molecule has 1 nitrogen and oxygen atoms in total. The Balaban J connectivity index is 2.86. The Kier molecular flexibility index (Phi) is 3.33. The summed E-state index contributed by atoms with van der Waals surface area (Å²) in [5.74, 6) is 0.246. The van der Waals surface area contributed by atoms with Crippen LogP contribution in [0.4, 0.5) is 0 Å². The highest BCUT2D eigenvalue weighted by Crippen LogP contribution is 2.32. The lowest BCUT2D eigenvalue weighted by Crippen LogP contribution is -2.33. The van der Waals surface area contributed by atoms with Crippen LogP contribution in [0.5, 0.6) is 0 Å². The summed E-state index contributed by atoms with van der Waals surface area (Å²) >= 11 is 0. The Hall–Kier alpha value is -0.820. The summed E-state index contributed by atoms with van der Waals surface area (Å²) in [6.07, 6.45) is 8.23. The van der Waals surface area contributed by atoms with Crippen LogP contribution in [0.3, 0.4) is 0 Å². The van der Waals surface area contributed by atoms with Crippen molar-refractivity contribution in [2.75, 3.05) is 0 Å². The van der Waals surface area contributed by atoms with E-state index in [1.807, 2.05) is 19.9 Å². The quantitative estimate of drug-likeness (QED) is 0.728. The molecule has 0 radical (unpaired) electrons. The summed E-state index contributed by atoms with van der Waals surface area (Å²) < 4.78 is 0. The van der Waals surface area contributed by atoms with Gasteiger partial charge in [0.25, 0.3) is 0 Å². The third-order valence-electron chi connectivity index (χ3n) is 2.80. The van der Waals surface area contributed by atoms with Crippen molar-refractivity contribution in [3.8, 4) is 0 Å². The van der Waals surface area contributed by atoms with Crippen LogP contribution in [-0.2, 0) is 0 Å². The maximum atomic E-state index is 10.2. The van der Waals surface area contributed by atoms with Crippen molar-refractivity contribution < 1.29 is 5.11 Å². The molecular formula is C13H20O. The van der Waals surface area contributed by atoms with E-state index in [0.717, 1.165) is 24.0 Å². The fourth-order valence-electron chi connectivity index (χ4n) is 1.85. The molecule has 0 heterocycles. The van der Waals surface area contributed by atoms with Crippen molar-refractivity contribution in [3.05, 3.63) is 36.0 Å². The lowest BCUT2D eigenvalue weighted by atomic mass is 9.79. The van der Waals surface area contributed by atoms with Crippen LogP contribution in [0, 0.1) is 5.92 Å². The van der Waals surface area contributed by atoms with Crippen LogP contribution in [-0.4, -0.2) is 10.7 Å². The van der Waals surface area contributed by atoms with E-state index >= 15 is 0 Å². The van der Waals surface area contributed by atoms with Crippen molar-refractivity contribution in [3.63, 3.8) is 0 Å². The third kappa shape index (κ3) is 2.36. The van der Waals surface area contributed by atoms with Gasteiger partial charge < -0.3 is 5.11 Å². The highest BCUT2D eigenvalue weighted by Gasteiger charge is 2.29. The number of hydrogen-bond acceptors (Lipinski definition) is 1. The van der Waals surface area contributed by atoms with Gasteiger partial charge in [0, 0.05) is 5.92 Å². The molecule has 1 aliphatic rings. The average molecular weight is 192 g/mol. The average Bonchev–Trinajstić information content (AvgIpc) is 2.08. The summed E-state index contributed by atoms with van der Waals surface area (Å²) in [4.78, 5) is 0. The molecule has 0 aromatic heterocycles. The number of hydrogen-bond donors (Lipinski definition) is 1. The number of aliphatic hydroxyl groups is 1. The van der Waals surface area contributed by atoms with Gasteiger partial charge in [0.2, 0.25) is 0 Å².